The van der Waals surface area contributed by atoms with Crippen LogP contribution in [-0.4, -0.2) is 9.97 Å². The molecule has 1 aromatic heterocycles. The van der Waals surface area contributed by atoms with Gasteiger partial charge in [-0.3, -0.25) is 0 Å². The SMILES string of the molecule is Cc1nc(Cl)cc(Oc2ccccc2C)n1. The van der Waals surface area contributed by atoms with Gasteiger partial charge in [0.25, 0.3) is 0 Å². The van der Waals surface area contributed by atoms with Gasteiger partial charge in [-0.05, 0) is 25.5 Å². The number of halogens is 1. The normalized spacial score (nSPS) is 10.2. The lowest BCUT2D eigenvalue weighted by Gasteiger charge is -2.07. The van der Waals surface area contributed by atoms with Gasteiger partial charge in [-0.25, -0.2) is 4.98 Å². The fraction of sp³-hybridized carbons (Fsp3) is 0.167. The maximum Gasteiger partial charge on any atom is 0.224 e. The van der Waals surface area contributed by atoms with Crippen LogP contribution in [0.4, 0.5) is 0 Å². The van der Waals surface area contributed by atoms with Gasteiger partial charge in [0.2, 0.25) is 5.88 Å². The first-order valence-electron chi connectivity index (χ1n) is 4.90. The van der Waals surface area contributed by atoms with E-state index in [1.54, 1.807) is 13.0 Å². The fourth-order valence-corrected chi connectivity index (χ4v) is 1.56. The fourth-order valence-electron chi connectivity index (χ4n) is 1.34. The lowest BCUT2D eigenvalue weighted by Crippen LogP contribution is -1.94. The Morgan fingerprint density at radius 3 is 2.56 bits per heavy atom. The van der Waals surface area contributed by atoms with E-state index in [-0.39, 0.29) is 0 Å². The molecule has 0 aliphatic carbocycles. The molecule has 2 aromatic rings. The number of nitrogens with zero attached hydrogens (tertiary/aromatic N) is 2. The van der Waals surface area contributed by atoms with Crippen LogP contribution in [0.25, 0.3) is 0 Å². The van der Waals surface area contributed by atoms with Gasteiger partial charge in [0.15, 0.2) is 0 Å². The Labute approximate surface area is 99.1 Å². The smallest absolute Gasteiger partial charge is 0.224 e. The lowest BCUT2D eigenvalue weighted by molar-refractivity contribution is 0.456. The monoisotopic (exact) mass is 234 g/mol. The first-order valence-corrected chi connectivity index (χ1v) is 5.27. The molecule has 0 N–H and O–H groups in total. The van der Waals surface area contributed by atoms with Crippen LogP contribution >= 0.6 is 11.6 Å². The highest BCUT2D eigenvalue weighted by Gasteiger charge is 2.04. The quantitative estimate of drug-likeness (QED) is 0.746. The number of aromatic nitrogens is 2. The summed E-state index contributed by atoms with van der Waals surface area (Å²) in [5.74, 6) is 1.83. The van der Waals surface area contributed by atoms with Gasteiger partial charge < -0.3 is 4.74 Å². The average Bonchev–Trinajstić information content (AvgIpc) is 2.20. The van der Waals surface area contributed by atoms with E-state index in [0.717, 1.165) is 11.3 Å². The lowest BCUT2D eigenvalue weighted by atomic mass is 10.2. The molecule has 0 amide bonds. The van der Waals surface area contributed by atoms with E-state index in [1.165, 1.54) is 0 Å². The third kappa shape index (κ3) is 2.49. The van der Waals surface area contributed by atoms with Gasteiger partial charge in [0, 0.05) is 6.07 Å². The maximum absolute atomic E-state index is 5.83. The first kappa shape index (κ1) is 10.9. The molecule has 4 heteroatoms. The molecule has 0 saturated heterocycles. The second kappa shape index (κ2) is 4.49. The molecule has 0 radical (unpaired) electrons. The van der Waals surface area contributed by atoms with Crippen LogP contribution in [0.5, 0.6) is 11.6 Å². The molecule has 0 aliphatic heterocycles. The molecule has 0 atom stereocenters. The van der Waals surface area contributed by atoms with E-state index in [4.69, 9.17) is 16.3 Å². The van der Waals surface area contributed by atoms with Crippen LogP contribution in [-0.2, 0) is 0 Å². The third-order valence-corrected chi connectivity index (χ3v) is 2.28. The molecule has 0 fully saturated rings. The van der Waals surface area contributed by atoms with Crippen molar-refractivity contribution in [1.82, 2.24) is 9.97 Å². The molecule has 3 nitrogen and oxygen atoms in total. The topological polar surface area (TPSA) is 35.0 Å². The Balaban J connectivity index is 2.30. The van der Waals surface area contributed by atoms with Crippen LogP contribution in [0, 0.1) is 13.8 Å². The molecule has 1 aromatic carbocycles. The minimum atomic E-state index is 0.385. The zero-order valence-electron chi connectivity index (χ0n) is 9.07. The molecule has 82 valence electrons. The number of benzene rings is 1. The summed E-state index contributed by atoms with van der Waals surface area (Å²) in [5.41, 5.74) is 1.05. The molecule has 0 unspecified atom stereocenters. The third-order valence-electron chi connectivity index (χ3n) is 2.09. The van der Waals surface area contributed by atoms with E-state index < -0.39 is 0 Å². The summed E-state index contributed by atoms with van der Waals surface area (Å²) in [6, 6.07) is 9.34. The van der Waals surface area contributed by atoms with Crippen LogP contribution in [0.3, 0.4) is 0 Å². The highest BCUT2D eigenvalue weighted by molar-refractivity contribution is 6.29. The second-order valence-corrected chi connectivity index (χ2v) is 3.83. The van der Waals surface area contributed by atoms with Crippen molar-refractivity contribution >= 4 is 11.6 Å². The summed E-state index contributed by atoms with van der Waals surface area (Å²) < 4.78 is 5.64. The number of hydrogen-bond acceptors (Lipinski definition) is 3. The van der Waals surface area contributed by atoms with Crippen molar-refractivity contribution in [3.63, 3.8) is 0 Å². The Morgan fingerprint density at radius 2 is 1.88 bits per heavy atom. The number of ether oxygens (including phenoxy) is 1. The van der Waals surface area contributed by atoms with E-state index in [2.05, 4.69) is 9.97 Å². The molecule has 2 rings (SSSR count). The van der Waals surface area contributed by atoms with Crippen LogP contribution < -0.4 is 4.74 Å². The number of hydrogen-bond donors (Lipinski definition) is 0. The zero-order valence-corrected chi connectivity index (χ0v) is 9.82. The van der Waals surface area contributed by atoms with Gasteiger partial charge in [0.05, 0.1) is 0 Å². The van der Waals surface area contributed by atoms with Crippen LogP contribution in [0.2, 0.25) is 5.15 Å². The summed E-state index contributed by atoms with van der Waals surface area (Å²) in [7, 11) is 0. The van der Waals surface area contributed by atoms with Gasteiger partial charge >= 0.3 is 0 Å². The molecule has 0 spiro atoms. The Bertz CT molecular complexity index is 494. The minimum absolute atomic E-state index is 0.385. The molecular formula is C12H11ClN2O. The summed E-state index contributed by atoms with van der Waals surface area (Å²) in [6.07, 6.45) is 0. The van der Waals surface area contributed by atoms with Crippen molar-refractivity contribution in [2.45, 2.75) is 13.8 Å². The maximum atomic E-state index is 5.83. The van der Waals surface area contributed by atoms with Crippen molar-refractivity contribution in [1.29, 1.82) is 0 Å². The van der Waals surface area contributed by atoms with Crippen molar-refractivity contribution < 1.29 is 4.74 Å². The predicted molar refractivity (Wildman–Crippen MR) is 63.0 cm³/mol. The molecule has 1 heterocycles. The highest BCUT2D eigenvalue weighted by atomic mass is 35.5. The van der Waals surface area contributed by atoms with E-state index >= 15 is 0 Å². The van der Waals surface area contributed by atoms with Crippen LogP contribution in [0.1, 0.15) is 11.4 Å². The van der Waals surface area contributed by atoms with Gasteiger partial charge in [-0.15, -0.1) is 0 Å². The van der Waals surface area contributed by atoms with E-state index in [0.29, 0.717) is 16.9 Å². The van der Waals surface area contributed by atoms with Crippen LogP contribution in [0.15, 0.2) is 30.3 Å². The molecule has 0 saturated carbocycles. The molecular weight excluding hydrogens is 224 g/mol. The van der Waals surface area contributed by atoms with E-state index in [9.17, 15) is 0 Å². The summed E-state index contributed by atoms with van der Waals surface area (Å²) in [4.78, 5) is 8.13. The summed E-state index contributed by atoms with van der Waals surface area (Å²) in [6.45, 7) is 3.75. The van der Waals surface area contributed by atoms with Crippen molar-refractivity contribution in [3.8, 4) is 11.6 Å². The zero-order chi connectivity index (χ0) is 11.5. The number of aryl methyl sites for hydroxylation is 2. The molecule has 16 heavy (non-hydrogen) atoms. The Hall–Kier alpha value is -1.61. The number of para-hydroxylation sites is 1. The van der Waals surface area contributed by atoms with Gasteiger partial charge in [-0.1, -0.05) is 29.8 Å². The molecule has 0 bridgehead atoms. The highest BCUT2D eigenvalue weighted by Crippen LogP contribution is 2.24. The molecule has 0 aliphatic rings. The summed E-state index contributed by atoms with van der Waals surface area (Å²) >= 11 is 5.83. The van der Waals surface area contributed by atoms with Gasteiger partial charge in [-0.2, -0.15) is 4.98 Å². The number of rotatable bonds is 2. The Kier molecular flexibility index (Phi) is 3.06. The second-order valence-electron chi connectivity index (χ2n) is 3.44. The minimum Gasteiger partial charge on any atom is -0.439 e. The predicted octanol–water partition coefficient (Wildman–Crippen LogP) is 3.54. The van der Waals surface area contributed by atoms with E-state index in [1.807, 2.05) is 31.2 Å². The average molecular weight is 235 g/mol. The van der Waals surface area contributed by atoms with Gasteiger partial charge in [0.1, 0.15) is 16.7 Å². The standard InChI is InChI=1S/C12H11ClN2O/c1-8-5-3-4-6-10(8)16-12-7-11(13)14-9(2)15-12/h3-7H,1-2H3. The Morgan fingerprint density at radius 1 is 1.12 bits per heavy atom. The largest absolute Gasteiger partial charge is 0.439 e. The first-order chi connectivity index (χ1) is 7.65. The summed E-state index contributed by atoms with van der Waals surface area (Å²) in [5, 5.41) is 0.385. The van der Waals surface area contributed by atoms with Crippen molar-refractivity contribution in [3.05, 3.63) is 46.9 Å². The van der Waals surface area contributed by atoms with Crippen molar-refractivity contribution in [2.24, 2.45) is 0 Å². The van der Waals surface area contributed by atoms with Crippen molar-refractivity contribution in [2.75, 3.05) is 0 Å².